The minimum absolute atomic E-state index is 0.0201. The molecular formula is C12H12N4O6S2. The number of anilines is 1. The summed E-state index contributed by atoms with van der Waals surface area (Å²) in [7, 11) is -3.99. The van der Waals surface area contributed by atoms with Crippen molar-refractivity contribution < 1.29 is 27.9 Å². The van der Waals surface area contributed by atoms with Crippen molar-refractivity contribution >= 4 is 39.3 Å². The zero-order valence-corrected chi connectivity index (χ0v) is 13.8. The third-order valence-electron chi connectivity index (χ3n) is 2.39. The van der Waals surface area contributed by atoms with E-state index in [0.29, 0.717) is 5.69 Å². The molecule has 0 aliphatic heterocycles. The highest BCUT2D eigenvalue weighted by molar-refractivity contribution is 7.92. The Labute approximate surface area is 140 Å². The number of aryl methyl sites for hydroxylation is 1. The van der Waals surface area contributed by atoms with Gasteiger partial charge in [-0.15, -0.1) is 11.3 Å². The van der Waals surface area contributed by atoms with E-state index >= 15 is 0 Å². The SMILES string of the molecule is Cc1cc(OCC(=O)O)nc(NC(=O)NS(=O)(=O)c2cccs2)n1. The number of sulfonamides is 1. The van der Waals surface area contributed by atoms with E-state index in [0.717, 1.165) is 11.3 Å². The number of thiophene rings is 1. The van der Waals surface area contributed by atoms with E-state index < -0.39 is 28.6 Å². The molecule has 0 spiro atoms. The van der Waals surface area contributed by atoms with Crippen molar-refractivity contribution in [3.63, 3.8) is 0 Å². The molecule has 10 nitrogen and oxygen atoms in total. The minimum atomic E-state index is -3.99. The van der Waals surface area contributed by atoms with Gasteiger partial charge in [0.05, 0.1) is 0 Å². The topological polar surface area (TPSA) is 148 Å². The zero-order chi connectivity index (χ0) is 17.7. The number of hydrogen-bond acceptors (Lipinski definition) is 8. The Kier molecular flexibility index (Phi) is 5.31. The van der Waals surface area contributed by atoms with Crippen molar-refractivity contribution in [3.05, 3.63) is 29.3 Å². The fraction of sp³-hybridized carbons (Fsp3) is 0.167. The number of carboxylic acids is 1. The number of aromatic nitrogens is 2. The highest BCUT2D eigenvalue weighted by atomic mass is 32.2. The lowest BCUT2D eigenvalue weighted by atomic mass is 10.4. The van der Waals surface area contributed by atoms with Crippen molar-refractivity contribution in [2.45, 2.75) is 11.1 Å². The summed E-state index contributed by atoms with van der Waals surface area (Å²) in [4.78, 5) is 29.9. The number of carbonyl (C=O) groups is 2. The molecule has 2 rings (SSSR count). The van der Waals surface area contributed by atoms with Crippen molar-refractivity contribution in [2.75, 3.05) is 11.9 Å². The molecule has 24 heavy (non-hydrogen) atoms. The number of rotatable bonds is 6. The lowest BCUT2D eigenvalue weighted by Gasteiger charge is -2.08. The van der Waals surface area contributed by atoms with Crippen molar-refractivity contribution in [1.29, 1.82) is 0 Å². The van der Waals surface area contributed by atoms with Crippen LogP contribution in [-0.2, 0) is 14.8 Å². The number of nitrogens with zero attached hydrogens (tertiary/aromatic N) is 2. The van der Waals surface area contributed by atoms with Gasteiger partial charge in [0.25, 0.3) is 10.0 Å². The quantitative estimate of drug-likeness (QED) is 0.675. The molecule has 0 saturated carbocycles. The molecule has 0 saturated heterocycles. The molecule has 0 unspecified atom stereocenters. The summed E-state index contributed by atoms with van der Waals surface area (Å²) in [6.45, 7) is 0.954. The molecule has 2 heterocycles. The van der Waals surface area contributed by atoms with Gasteiger partial charge >= 0.3 is 12.0 Å². The maximum atomic E-state index is 11.9. The summed E-state index contributed by atoms with van der Waals surface area (Å²) in [6.07, 6.45) is 0. The van der Waals surface area contributed by atoms with Gasteiger partial charge in [-0.3, -0.25) is 5.32 Å². The van der Waals surface area contributed by atoms with Crippen LogP contribution in [0.15, 0.2) is 27.8 Å². The zero-order valence-electron chi connectivity index (χ0n) is 12.2. The van der Waals surface area contributed by atoms with E-state index in [4.69, 9.17) is 9.84 Å². The Bertz CT molecular complexity index is 850. The second-order valence-corrected chi connectivity index (χ2v) is 7.20. The van der Waals surface area contributed by atoms with Crippen LogP contribution in [0.3, 0.4) is 0 Å². The molecule has 0 aliphatic rings. The molecule has 128 valence electrons. The predicted octanol–water partition coefficient (Wildman–Crippen LogP) is 0.820. The third kappa shape index (κ3) is 4.89. The van der Waals surface area contributed by atoms with Crippen LogP contribution in [0.2, 0.25) is 0 Å². The lowest BCUT2D eigenvalue weighted by Crippen LogP contribution is -2.34. The Morgan fingerprint density at radius 3 is 2.75 bits per heavy atom. The molecule has 3 N–H and O–H groups in total. The van der Waals surface area contributed by atoms with Crippen LogP contribution < -0.4 is 14.8 Å². The Hall–Kier alpha value is -2.73. The Morgan fingerprint density at radius 2 is 2.12 bits per heavy atom. The molecule has 0 aliphatic carbocycles. The van der Waals surface area contributed by atoms with Crippen LogP contribution in [0.4, 0.5) is 10.7 Å². The minimum Gasteiger partial charge on any atom is -0.479 e. The van der Waals surface area contributed by atoms with Crippen molar-refractivity contribution in [2.24, 2.45) is 0 Å². The number of urea groups is 1. The van der Waals surface area contributed by atoms with Crippen molar-refractivity contribution in [1.82, 2.24) is 14.7 Å². The average molecular weight is 372 g/mol. The molecule has 0 atom stereocenters. The monoisotopic (exact) mass is 372 g/mol. The summed E-state index contributed by atoms with van der Waals surface area (Å²) in [5, 5.41) is 12.3. The van der Waals surface area contributed by atoms with Gasteiger partial charge in [0.1, 0.15) is 4.21 Å². The second kappa shape index (κ2) is 7.23. The molecule has 12 heteroatoms. The van der Waals surface area contributed by atoms with E-state index in [9.17, 15) is 18.0 Å². The van der Waals surface area contributed by atoms with Gasteiger partial charge in [-0.1, -0.05) is 6.07 Å². The number of amides is 2. The van der Waals surface area contributed by atoms with Crippen LogP contribution in [0, 0.1) is 6.92 Å². The fourth-order valence-electron chi connectivity index (χ4n) is 1.52. The number of carboxylic acid groups (broad SMARTS) is 1. The molecule has 0 radical (unpaired) electrons. The number of hydrogen-bond donors (Lipinski definition) is 3. The largest absolute Gasteiger partial charge is 0.479 e. The van der Waals surface area contributed by atoms with Gasteiger partial charge in [0.15, 0.2) is 6.61 Å². The second-order valence-electron chi connectivity index (χ2n) is 4.35. The summed E-state index contributed by atoms with van der Waals surface area (Å²) < 4.78 is 30.5. The molecule has 2 amide bonds. The van der Waals surface area contributed by atoms with E-state index in [1.54, 1.807) is 12.3 Å². The highest BCUT2D eigenvalue weighted by Crippen LogP contribution is 2.16. The first-order valence-electron chi connectivity index (χ1n) is 6.34. The standard InChI is InChI=1S/C12H12N4O6S2/c1-7-5-8(22-6-9(17)18)14-11(13-7)15-12(19)16-24(20,21)10-3-2-4-23-10/h2-5H,6H2,1H3,(H,17,18)(H2,13,14,15,16,19). The van der Waals surface area contributed by atoms with Gasteiger partial charge in [-0.2, -0.15) is 4.98 Å². The average Bonchev–Trinajstić information content (AvgIpc) is 2.98. The normalized spacial score (nSPS) is 10.9. The summed E-state index contributed by atoms with van der Waals surface area (Å²) >= 11 is 0.955. The van der Waals surface area contributed by atoms with Crippen LogP contribution >= 0.6 is 11.3 Å². The van der Waals surface area contributed by atoms with Crippen LogP contribution in [-0.4, -0.2) is 42.1 Å². The van der Waals surface area contributed by atoms with Crippen LogP contribution in [0.5, 0.6) is 5.88 Å². The first-order valence-corrected chi connectivity index (χ1v) is 8.70. The van der Waals surface area contributed by atoms with Crippen LogP contribution in [0.1, 0.15) is 5.69 Å². The number of aliphatic carboxylic acids is 1. The first-order chi connectivity index (χ1) is 11.3. The maximum Gasteiger partial charge on any atom is 0.341 e. The Morgan fingerprint density at radius 1 is 1.38 bits per heavy atom. The van der Waals surface area contributed by atoms with Gasteiger partial charge in [0.2, 0.25) is 11.8 Å². The Balaban J connectivity index is 2.07. The van der Waals surface area contributed by atoms with E-state index in [1.165, 1.54) is 18.2 Å². The summed E-state index contributed by atoms with van der Waals surface area (Å²) in [6, 6.07) is 3.20. The summed E-state index contributed by atoms with van der Waals surface area (Å²) in [5.74, 6) is -1.49. The molecule has 0 aromatic carbocycles. The molecule has 2 aromatic heterocycles. The van der Waals surface area contributed by atoms with Crippen molar-refractivity contribution in [3.8, 4) is 5.88 Å². The van der Waals surface area contributed by atoms with E-state index in [1.807, 2.05) is 4.72 Å². The fourth-order valence-corrected chi connectivity index (χ4v) is 3.42. The van der Waals surface area contributed by atoms with E-state index in [-0.39, 0.29) is 16.0 Å². The number of nitrogens with one attached hydrogen (secondary N) is 2. The van der Waals surface area contributed by atoms with Gasteiger partial charge in [-0.05, 0) is 18.4 Å². The van der Waals surface area contributed by atoms with Gasteiger partial charge in [0, 0.05) is 11.8 Å². The summed E-state index contributed by atoms with van der Waals surface area (Å²) in [5.41, 5.74) is 0.391. The molecule has 0 bridgehead atoms. The van der Waals surface area contributed by atoms with Crippen LogP contribution in [0.25, 0.3) is 0 Å². The first kappa shape index (κ1) is 17.6. The van der Waals surface area contributed by atoms with E-state index in [2.05, 4.69) is 15.3 Å². The number of ether oxygens (including phenoxy) is 1. The predicted molar refractivity (Wildman–Crippen MR) is 83.6 cm³/mol. The third-order valence-corrected chi connectivity index (χ3v) is 5.12. The highest BCUT2D eigenvalue weighted by Gasteiger charge is 2.19. The van der Waals surface area contributed by atoms with Gasteiger partial charge in [-0.25, -0.2) is 27.7 Å². The molecular weight excluding hydrogens is 360 g/mol. The maximum absolute atomic E-state index is 11.9. The molecule has 2 aromatic rings. The number of carbonyl (C=O) groups excluding carboxylic acids is 1. The smallest absolute Gasteiger partial charge is 0.341 e. The lowest BCUT2D eigenvalue weighted by molar-refractivity contribution is -0.139. The molecule has 0 fully saturated rings. The van der Waals surface area contributed by atoms with Gasteiger partial charge < -0.3 is 9.84 Å².